The number of carbonyl (C=O) groups is 1. The molecule has 8 nitrogen and oxygen atoms in total. The first-order valence-electron chi connectivity index (χ1n) is 8.22. The van der Waals surface area contributed by atoms with Crippen LogP contribution < -0.4 is 0 Å². The third-order valence-electron chi connectivity index (χ3n) is 4.66. The van der Waals surface area contributed by atoms with Crippen LogP contribution in [0.2, 0.25) is 0 Å². The lowest BCUT2D eigenvalue weighted by atomic mass is 9.78. The molecule has 1 unspecified atom stereocenters. The van der Waals surface area contributed by atoms with E-state index in [4.69, 9.17) is 4.84 Å². The molecule has 0 bridgehead atoms. The van der Waals surface area contributed by atoms with Gasteiger partial charge in [-0.1, -0.05) is 19.0 Å². The highest BCUT2D eigenvalue weighted by atomic mass is 32.2. The van der Waals surface area contributed by atoms with Crippen molar-refractivity contribution >= 4 is 26.7 Å². The Bertz CT molecular complexity index is 1000. The second-order valence-corrected chi connectivity index (χ2v) is 7.06. The Morgan fingerprint density at radius 2 is 2.19 bits per heavy atom. The molecule has 1 aliphatic heterocycles. The lowest BCUT2D eigenvalue weighted by Gasteiger charge is -2.25. The molecule has 0 amide bonds. The number of aryl methyl sites for hydroxylation is 1. The van der Waals surface area contributed by atoms with Crippen LogP contribution in [0.1, 0.15) is 37.0 Å². The van der Waals surface area contributed by atoms with Crippen LogP contribution in [0.5, 0.6) is 5.88 Å². The summed E-state index contributed by atoms with van der Waals surface area (Å²) in [7, 11) is -0.975. The van der Waals surface area contributed by atoms with Gasteiger partial charge in [0.1, 0.15) is 12.2 Å². The van der Waals surface area contributed by atoms with Gasteiger partial charge in [0.15, 0.2) is 5.78 Å². The summed E-state index contributed by atoms with van der Waals surface area (Å²) < 4.78 is 24.7. The summed E-state index contributed by atoms with van der Waals surface area (Å²) in [4.78, 5) is 18.2. The topological polar surface area (TPSA) is 111 Å². The second-order valence-electron chi connectivity index (χ2n) is 6.12. The molecule has 26 heavy (non-hydrogen) atoms. The van der Waals surface area contributed by atoms with E-state index in [9.17, 15) is 18.3 Å². The summed E-state index contributed by atoms with van der Waals surface area (Å²) >= 11 is 0. The Labute approximate surface area is 152 Å². The Morgan fingerprint density at radius 3 is 2.69 bits per heavy atom. The van der Waals surface area contributed by atoms with E-state index >= 15 is 0 Å². The molecule has 1 N–H and O–H groups in total. The molecule has 0 aromatic carbocycles. The number of rotatable bonds is 4. The average molecular weight is 377 g/mol. The van der Waals surface area contributed by atoms with Crippen molar-refractivity contribution in [3.05, 3.63) is 34.6 Å². The largest absolute Gasteiger partial charge is 0.493 e. The number of Topliss-reactive ketones (excluding diaryl/α,β-unsaturated/α-hetero) is 1. The number of aromatic nitrogens is 2. The molecule has 3 rings (SSSR count). The second kappa shape index (κ2) is 6.91. The number of aromatic hydroxyl groups is 1. The number of hydrogen-bond donors (Lipinski definition) is 1. The summed E-state index contributed by atoms with van der Waals surface area (Å²) in [5.74, 6) is -1.17. The van der Waals surface area contributed by atoms with Gasteiger partial charge in [0.2, 0.25) is 16.2 Å². The van der Waals surface area contributed by atoms with E-state index in [-0.39, 0.29) is 21.9 Å². The van der Waals surface area contributed by atoms with Crippen LogP contribution in [0.3, 0.4) is 0 Å². The minimum atomic E-state index is -2.49. The minimum Gasteiger partial charge on any atom is -0.493 e. The normalized spacial score (nSPS) is 20.0. The maximum Gasteiger partial charge on any atom is 0.220 e. The van der Waals surface area contributed by atoms with Crippen LogP contribution in [0, 0.1) is 5.92 Å². The van der Waals surface area contributed by atoms with Gasteiger partial charge in [0, 0.05) is 25.0 Å². The lowest BCUT2D eigenvalue weighted by molar-refractivity contribution is 0.103. The number of oxime groups is 1. The van der Waals surface area contributed by atoms with Gasteiger partial charge in [-0.25, -0.2) is 4.68 Å². The smallest absolute Gasteiger partial charge is 0.220 e. The molecule has 2 heterocycles. The highest BCUT2D eigenvalue weighted by Crippen LogP contribution is 2.35. The van der Waals surface area contributed by atoms with E-state index in [2.05, 4.69) is 10.3 Å². The van der Waals surface area contributed by atoms with Gasteiger partial charge < -0.3 is 9.94 Å². The molecule has 138 valence electrons. The van der Waals surface area contributed by atoms with E-state index in [0.717, 1.165) is 0 Å². The van der Waals surface area contributed by atoms with Crippen LogP contribution in [-0.4, -0.2) is 46.3 Å². The Hall–Kier alpha value is -2.68. The molecule has 0 saturated carbocycles. The van der Waals surface area contributed by atoms with E-state index < -0.39 is 22.0 Å². The van der Waals surface area contributed by atoms with Crippen LogP contribution >= 0.6 is 0 Å². The molecule has 1 aliphatic carbocycles. The third kappa shape index (κ3) is 2.88. The standard InChI is InChI=1S/C17H19N3O5S/c1-4-10-11(16(21)12-8-18-20(3)17(12)22)7-14(26(23)24)9(2)15(10)13-5-6-25-19-13/h7-9,22H,4-6H2,1-3H3. The van der Waals surface area contributed by atoms with Gasteiger partial charge in [-0.05, 0) is 23.6 Å². The molecular weight excluding hydrogens is 358 g/mol. The fourth-order valence-electron chi connectivity index (χ4n) is 3.33. The van der Waals surface area contributed by atoms with Gasteiger partial charge in [-0.15, -0.1) is 0 Å². The van der Waals surface area contributed by atoms with Crippen LogP contribution in [0.15, 0.2) is 34.1 Å². The van der Waals surface area contributed by atoms with Crippen molar-refractivity contribution < 1.29 is 23.2 Å². The first-order valence-corrected chi connectivity index (χ1v) is 9.30. The van der Waals surface area contributed by atoms with Crippen molar-refractivity contribution in [1.82, 2.24) is 9.78 Å². The van der Waals surface area contributed by atoms with Gasteiger partial charge in [-0.2, -0.15) is 13.5 Å². The SMILES string of the molecule is CCC1=C(C2=NOCC2)C(C)C(=S(=O)=O)C=C1C(=O)c1cnn(C)c1O. The van der Waals surface area contributed by atoms with Gasteiger partial charge in [-0.3, -0.25) is 4.79 Å². The zero-order chi connectivity index (χ0) is 19.0. The summed E-state index contributed by atoms with van der Waals surface area (Å²) in [5, 5.41) is 18.0. The molecule has 1 atom stereocenters. The van der Waals surface area contributed by atoms with Crippen molar-refractivity contribution in [2.45, 2.75) is 26.7 Å². The van der Waals surface area contributed by atoms with Gasteiger partial charge in [0.25, 0.3) is 0 Å². The molecule has 2 aliphatic rings. The van der Waals surface area contributed by atoms with Crippen LogP contribution in [0.4, 0.5) is 0 Å². The van der Waals surface area contributed by atoms with E-state index in [1.807, 2.05) is 6.92 Å². The summed E-state index contributed by atoms with van der Waals surface area (Å²) in [6, 6.07) is 0. The first kappa shape index (κ1) is 18.1. The number of nitrogens with zero attached hydrogens (tertiary/aromatic N) is 3. The first-order chi connectivity index (χ1) is 12.4. The number of ketones is 1. The lowest BCUT2D eigenvalue weighted by Crippen LogP contribution is -2.27. The maximum atomic E-state index is 13.0. The van der Waals surface area contributed by atoms with Crippen LogP contribution in [-0.2, 0) is 22.2 Å². The molecule has 1 aromatic rings. The van der Waals surface area contributed by atoms with Crippen molar-refractivity contribution in [2.24, 2.45) is 18.1 Å². The summed E-state index contributed by atoms with van der Waals surface area (Å²) in [5.41, 5.74) is 2.34. The maximum absolute atomic E-state index is 13.0. The van der Waals surface area contributed by atoms with Crippen molar-refractivity contribution in [3.63, 3.8) is 0 Å². The number of carbonyl (C=O) groups excluding carboxylic acids is 1. The highest BCUT2D eigenvalue weighted by Gasteiger charge is 2.34. The van der Waals surface area contributed by atoms with Crippen molar-refractivity contribution in [1.29, 1.82) is 0 Å². The average Bonchev–Trinajstić information content (AvgIpc) is 3.24. The van der Waals surface area contributed by atoms with Crippen molar-refractivity contribution in [3.8, 4) is 5.88 Å². The summed E-state index contributed by atoms with van der Waals surface area (Å²) in [6.07, 6.45) is 3.73. The van der Waals surface area contributed by atoms with E-state index in [1.165, 1.54) is 24.0 Å². The fourth-order valence-corrected chi connectivity index (χ4v) is 3.96. The Kier molecular flexibility index (Phi) is 4.82. The number of hydrogen-bond acceptors (Lipinski definition) is 7. The van der Waals surface area contributed by atoms with Gasteiger partial charge in [0.05, 0.1) is 16.8 Å². The molecule has 0 saturated heterocycles. The van der Waals surface area contributed by atoms with Crippen molar-refractivity contribution in [2.75, 3.05) is 6.61 Å². The zero-order valence-electron chi connectivity index (χ0n) is 14.7. The highest BCUT2D eigenvalue weighted by molar-refractivity contribution is 7.73. The predicted molar refractivity (Wildman–Crippen MR) is 95.7 cm³/mol. The Balaban J connectivity index is 2.23. The predicted octanol–water partition coefficient (Wildman–Crippen LogP) is 1.42. The van der Waals surface area contributed by atoms with Gasteiger partial charge >= 0.3 is 0 Å². The molecule has 1 aromatic heterocycles. The monoisotopic (exact) mass is 377 g/mol. The van der Waals surface area contributed by atoms with Crippen LogP contribution in [0.25, 0.3) is 0 Å². The minimum absolute atomic E-state index is 0.0271. The quantitative estimate of drug-likeness (QED) is 0.627. The fraction of sp³-hybridized carbons (Fsp3) is 0.412. The number of allylic oxidation sites excluding steroid dienone is 4. The third-order valence-corrected chi connectivity index (χ3v) is 5.51. The molecule has 0 fully saturated rings. The van der Waals surface area contributed by atoms with E-state index in [1.54, 1.807) is 6.92 Å². The van der Waals surface area contributed by atoms with E-state index in [0.29, 0.717) is 36.3 Å². The Morgan fingerprint density at radius 1 is 1.46 bits per heavy atom. The molecule has 0 radical (unpaired) electrons. The molecule has 0 spiro atoms. The summed E-state index contributed by atoms with van der Waals surface area (Å²) in [6.45, 7) is 4.09. The zero-order valence-corrected chi connectivity index (χ0v) is 15.5. The molecule has 9 heteroatoms. The molecular formula is C17H19N3O5S.